The molecule has 1 fully saturated rings. The van der Waals surface area contributed by atoms with Gasteiger partial charge in [0.1, 0.15) is 11.9 Å². The van der Waals surface area contributed by atoms with E-state index in [1.165, 1.54) is 5.56 Å². The highest BCUT2D eigenvalue weighted by atomic mass is 16.5. The third-order valence-electron chi connectivity index (χ3n) is 6.76. The van der Waals surface area contributed by atoms with Crippen molar-refractivity contribution in [1.82, 2.24) is 4.90 Å². The minimum absolute atomic E-state index is 0.0894. The second-order valence-electron chi connectivity index (χ2n) is 8.75. The number of hydrogen-bond donors (Lipinski definition) is 0. The van der Waals surface area contributed by atoms with Crippen molar-refractivity contribution in [1.29, 1.82) is 0 Å². The van der Waals surface area contributed by atoms with E-state index in [4.69, 9.17) is 9.47 Å². The Labute approximate surface area is 182 Å². The van der Waals surface area contributed by atoms with Crippen LogP contribution < -0.4 is 4.74 Å². The van der Waals surface area contributed by atoms with E-state index in [1.807, 2.05) is 55.5 Å². The maximum atomic E-state index is 13.6. The summed E-state index contributed by atoms with van der Waals surface area (Å²) < 4.78 is 11.5. The van der Waals surface area contributed by atoms with E-state index in [-0.39, 0.29) is 29.5 Å². The third-order valence-corrected chi connectivity index (χ3v) is 6.76. The summed E-state index contributed by atoms with van der Waals surface area (Å²) in [5.74, 6) is 0.771. The fourth-order valence-electron chi connectivity index (χ4n) is 5.08. The number of fused-ring (bicyclic) bond motifs is 1. The molecule has 0 radical (unpaired) electrons. The van der Waals surface area contributed by atoms with Gasteiger partial charge in [-0.1, -0.05) is 48.4 Å². The molecular formula is C26H27NO4. The van der Waals surface area contributed by atoms with Gasteiger partial charge in [-0.2, -0.15) is 0 Å². The van der Waals surface area contributed by atoms with E-state index in [0.29, 0.717) is 12.1 Å². The Morgan fingerprint density at radius 2 is 1.71 bits per heavy atom. The zero-order valence-electron chi connectivity index (χ0n) is 18.0. The number of carbonyl (C=O) groups excluding carboxylic acids is 2. The van der Waals surface area contributed by atoms with Crippen molar-refractivity contribution in [2.24, 2.45) is 5.92 Å². The molecule has 5 nitrogen and oxygen atoms in total. The first kappa shape index (κ1) is 19.9. The Morgan fingerprint density at radius 3 is 2.42 bits per heavy atom. The van der Waals surface area contributed by atoms with E-state index in [1.54, 1.807) is 12.0 Å². The highest BCUT2D eigenvalue weighted by Crippen LogP contribution is 2.47. The van der Waals surface area contributed by atoms with Crippen LogP contribution in [-0.4, -0.2) is 29.8 Å². The summed E-state index contributed by atoms with van der Waals surface area (Å²) in [5, 5.41) is 0. The van der Waals surface area contributed by atoms with Crippen LogP contribution in [-0.2, 0) is 20.9 Å². The number of hydrogen-bond acceptors (Lipinski definition) is 4. The largest absolute Gasteiger partial charge is 0.497 e. The van der Waals surface area contributed by atoms with Gasteiger partial charge in [0.05, 0.1) is 24.6 Å². The lowest BCUT2D eigenvalue weighted by Crippen LogP contribution is -2.39. The number of aryl methyl sites for hydroxylation is 1. The van der Waals surface area contributed by atoms with Gasteiger partial charge in [0.25, 0.3) is 5.91 Å². The van der Waals surface area contributed by atoms with E-state index in [9.17, 15) is 9.59 Å². The molecule has 3 unspecified atom stereocenters. The minimum atomic E-state index is -0.440. The van der Waals surface area contributed by atoms with Gasteiger partial charge in [0.2, 0.25) is 0 Å². The molecule has 31 heavy (non-hydrogen) atoms. The maximum absolute atomic E-state index is 13.6. The average molecular weight is 418 g/mol. The van der Waals surface area contributed by atoms with Crippen molar-refractivity contribution in [3.63, 3.8) is 0 Å². The van der Waals surface area contributed by atoms with E-state index in [2.05, 4.69) is 0 Å². The SMILES string of the molecule is COc1ccc(C2C3=C(OC4CCCCC4C3=O)C(=O)N2Cc2ccc(C)cc2)cc1. The van der Waals surface area contributed by atoms with Crippen LogP contribution in [0.2, 0.25) is 0 Å². The van der Waals surface area contributed by atoms with Crippen molar-refractivity contribution >= 4 is 11.7 Å². The Kier molecular flexibility index (Phi) is 5.05. The van der Waals surface area contributed by atoms with Crippen LogP contribution >= 0.6 is 0 Å². The highest BCUT2D eigenvalue weighted by Gasteiger charge is 2.51. The Morgan fingerprint density at radius 1 is 1.00 bits per heavy atom. The van der Waals surface area contributed by atoms with Crippen LogP contribution in [0.5, 0.6) is 5.75 Å². The number of carbonyl (C=O) groups is 2. The Bertz CT molecular complexity index is 1040. The molecule has 3 atom stereocenters. The normalized spacial score (nSPS) is 25.2. The Hall–Kier alpha value is -3.08. The molecule has 0 aromatic heterocycles. The summed E-state index contributed by atoms with van der Waals surface area (Å²) in [7, 11) is 1.63. The summed E-state index contributed by atoms with van der Waals surface area (Å²) in [6, 6.07) is 15.3. The second-order valence-corrected chi connectivity index (χ2v) is 8.75. The van der Waals surface area contributed by atoms with Gasteiger partial charge in [-0.05, 0) is 49.4 Å². The average Bonchev–Trinajstić information content (AvgIpc) is 3.07. The third kappa shape index (κ3) is 3.42. The fourth-order valence-corrected chi connectivity index (χ4v) is 5.08. The number of rotatable bonds is 4. The summed E-state index contributed by atoms with van der Waals surface area (Å²) >= 11 is 0. The van der Waals surface area contributed by atoms with Gasteiger partial charge in [0.15, 0.2) is 11.5 Å². The standard InChI is InChI=1S/C26H27NO4/c1-16-7-9-17(10-8-16)15-27-23(18-11-13-19(30-2)14-12-18)22-24(28)20-5-3-4-6-21(20)31-25(22)26(27)29/h7-14,20-21,23H,3-6,15H2,1-2H3. The van der Waals surface area contributed by atoms with Crippen molar-refractivity contribution in [3.05, 3.63) is 76.6 Å². The molecule has 2 aromatic carbocycles. The van der Waals surface area contributed by atoms with Crippen molar-refractivity contribution < 1.29 is 19.1 Å². The molecule has 5 rings (SSSR count). The first-order valence-corrected chi connectivity index (χ1v) is 11.0. The predicted molar refractivity (Wildman–Crippen MR) is 116 cm³/mol. The topological polar surface area (TPSA) is 55.8 Å². The van der Waals surface area contributed by atoms with Gasteiger partial charge >= 0.3 is 0 Å². The molecule has 2 aliphatic heterocycles. The highest BCUT2D eigenvalue weighted by molar-refractivity contribution is 6.11. The Balaban J connectivity index is 1.56. The smallest absolute Gasteiger partial charge is 0.290 e. The number of Topliss-reactive ketones (excluding diaryl/α,β-unsaturated/α-hetero) is 1. The fraction of sp³-hybridized carbons (Fsp3) is 0.385. The van der Waals surface area contributed by atoms with Crippen molar-refractivity contribution in [2.45, 2.75) is 51.3 Å². The lowest BCUT2D eigenvalue weighted by Gasteiger charge is -2.35. The molecule has 5 heteroatoms. The molecule has 1 amide bonds. The predicted octanol–water partition coefficient (Wildman–Crippen LogP) is 4.50. The molecule has 2 aromatic rings. The number of nitrogens with zero attached hydrogens (tertiary/aromatic N) is 1. The van der Waals surface area contributed by atoms with E-state index < -0.39 is 6.04 Å². The zero-order valence-corrected chi connectivity index (χ0v) is 18.0. The molecule has 0 spiro atoms. The molecule has 0 N–H and O–H groups in total. The van der Waals surface area contributed by atoms with Crippen LogP contribution in [0.15, 0.2) is 59.9 Å². The molecule has 160 valence electrons. The lowest BCUT2D eigenvalue weighted by atomic mass is 9.77. The van der Waals surface area contributed by atoms with Crippen molar-refractivity contribution in [3.8, 4) is 5.75 Å². The van der Waals surface area contributed by atoms with Gasteiger partial charge in [-0.15, -0.1) is 0 Å². The first-order chi connectivity index (χ1) is 15.1. The number of benzene rings is 2. The molecule has 2 heterocycles. The van der Waals surface area contributed by atoms with Crippen LogP contribution in [0, 0.1) is 12.8 Å². The monoisotopic (exact) mass is 417 g/mol. The van der Waals surface area contributed by atoms with Gasteiger partial charge < -0.3 is 14.4 Å². The lowest BCUT2D eigenvalue weighted by molar-refractivity contribution is -0.135. The summed E-state index contributed by atoms with van der Waals surface area (Å²) in [5.41, 5.74) is 3.63. The molecule has 0 saturated heterocycles. The van der Waals surface area contributed by atoms with Crippen LogP contribution in [0.1, 0.15) is 48.4 Å². The van der Waals surface area contributed by atoms with Crippen LogP contribution in [0.3, 0.4) is 0 Å². The number of amides is 1. The minimum Gasteiger partial charge on any atom is -0.497 e. The number of ketones is 1. The summed E-state index contributed by atoms with van der Waals surface area (Å²) in [6.07, 6.45) is 3.58. The molecule has 1 aliphatic carbocycles. The van der Waals surface area contributed by atoms with Gasteiger partial charge in [0, 0.05) is 6.54 Å². The van der Waals surface area contributed by atoms with E-state index in [0.717, 1.165) is 42.6 Å². The summed E-state index contributed by atoms with van der Waals surface area (Å²) in [6.45, 7) is 2.47. The molecule has 1 saturated carbocycles. The quantitative estimate of drug-likeness (QED) is 0.735. The van der Waals surface area contributed by atoms with Crippen LogP contribution in [0.25, 0.3) is 0 Å². The molecular weight excluding hydrogens is 390 g/mol. The maximum Gasteiger partial charge on any atom is 0.290 e. The number of methoxy groups -OCH3 is 1. The number of ether oxygens (including phenoxy) is 2. The summed E-state index contributed by atoms with van der Waals surface area (Å²) in [4.78, 5) is 28.9. The zero-order chi connectivity index (χ0) is 21.5. The first-order valence-electron chi connectivity index (χ1n) is 11.0. The molecule has 3 aliphatic rings. The van der Waals surface area contributed by atoms with Crippen LogP contribution in [0.4, 0.5) is 0 Å². The van der Waals surface area contributed by atoms with Gasteiger partial charge in [-0.25, -0.2) is 0 Å². The second kappa shape index (κ2) is 7.88. The van der Waals surface area contributed by atoms with Crippen molar-refractivity contribution in [2.75, 3.05) is 7.11 Å². The molecule has 0 bridgehead atoms. The van der Waals surface area contributed by atoms with Gasteiger partial charge in [-0.3, -0.25) is 9.59 Å². The van der Waals surface area contributed by atoms with E-state index >= 15 is 0 Å².